The number of fused-ring (bicyclic) bond motifs is 2. The van der Waals surface area contributed by atoms with E-state index in [0.717, 1.165) is 47.6 Å². The first kappa shape index (κ1) is 18.3. The maximum Gasteiger partial charge on any atom is 0.133 e. The number of pyridine rings is 1. The van der Waals surface area contributed by atoms with E-state index in [4.69, 9.17) is 0 Å². The van der Waals surface area contributed by atoms with Crippen LogP contribution in [0.3, 0.4) is 0 Å². The Hall–Kier alpha value is -2.74. The molecule has 5 aromatic rings. The molecule has 0 fully saturated rings. The van der Waals surface area contributed by atoms with Gasteiger partial charge in [-0.1, -0.05) is 0 Å². The van der Waals surface area contributed by atoms with E-state index < -0.39 is 5.60 Å². The Kier molecular flexibility index (Phi) is 4.20. The van der Waals surface area contributed by atoms with Crippen molar-refractivity contribution >= 4 is 55.2 Å². The van der Waals surface area contributed by atoms with Crippen LogP contribution in [0.15, 0.2) is 48.8 Å². The van der Waals surface area contributed by atoms with Crippen molar-refractivity contribution in [2.75, 3.05) is 5.32 Å². The molecule has 0 amide bonds. The summed E-state index contributed by atoms with van der Waals surface area (Å²) in [6.45, 7) is 5.62. The number of nitrogens with one attached hydrogen (secondary N) is 2. The number of aryl methyl sites for hydroxylation is 1. The molecular formula is C22H20N4OS2. The molecule has 0 aliphatic carbocycles. The molecule has 1 aromatic carbocycles. The van der Waals surface area contributed by atoms with Gasteiger partial charge in [0.15, 0.2) is 0 Å². The normalized spacial score (nSPS) is 12.1. The summed E-state index contributed by atoms with van der Waals surface area (Å²) in [4.78, 5) is 14.3. The lowest BCUT2D eigenvalue weighted by Crippen LogP contribution is -2.12. The molecule has 3 N–H and O–H groups in total. The van der Waals surface area contributed by atoms with Crippen LogP contribution in [0, 0.1) is 6.92 Å². The minimum Gasteiger partial charge on any atom is -0.385 e. The molecule has 0 bridgehead atoms. The monoisotopic (exact) mass is 420 g/mol. The van der Waals surface area contributed by atoms with Gasteiger partial charge in [-0.05, 0) is 57.2 Å². The van der Waals surface area contributed by atoms with Gasteiger partial charge in [0.25, 0.3) is 0 Å². The highest BCUT2D eigenvalue weighted by molar-refractivity contribution is 7.26. The van der Waals surface area contributed by atoms with Crippen LogP contribution >= 0.6 is 22.7 Å². The van der Waals surface area contributed by atoms with Crippen molar-refractivity contribution in [1.82, 2.24) is 15.0 Å². The molecular weight excluding hydrogens is 400 g/mol. The van der Waals surface area contributed by atoms with E-state index in [1.165, 1.54) is 16.7 Å². The van der Waals surface area contributed by atoms with Gasteiger partial charge in [-0.25, -0.2) is 4.98 Å². The van der Waals surface area contributed by atoms with Crippen LogP contribution in [0.4, 0.5) is 11.4 Å². The van der Waals surface area contributed by atoms with Crippen molar-refractivity contribution in [2.45, 2.75) is 26.4 Å². The highest BCUT2D eigenvalue weighted by atomic mass is 32.1. The molecule has 0 aliphatic rings. The number of aromatic amines is 1. The Labute approximate surface area is 176 Å². The first-order valence-corrected chi connectivity index (χ1v) is 10.9. The summed E-state index contributed by atoms with van der Waals surface area (Å²) in [7, 11) is 0. The molecule has 4 heterocycles. The lowest BCUT2D eigenvalue weighted by molar-refractivity contribution is 0.0823. The van der Waals surface area contributed by atoms with Gasteiger partial charge in [-0.3, -0.25) is 4.98 Å². The van der Waals surface area contributed by atoms with Gasteiger partial charge in [-0.15, -0.1) is 22.7 Å². The van der Waals surface area contributed by atoms with Crippen molar-refractivity contribution in [3.63, 3.8) is 0 Å². The summed E-state index contributed by atoms with van der Waals surface area (Å²) in [5, 5.41) is 15.9. The van der Waals surface area contributed by atoms with Gasteiger partial charge in [0.1, 0.15) is 5.01 Å². The Balaban J connectivity index is 1.52. The van der Waals surface area contributed by atoms with E-state index in [2.05, 4.69) is 57.5 Å². The van der Waals surface area contributed by atoms with Gasteiger partial charge < -0.3 is 15.4 Å². The molecule has 0 spiro atoms. The molecule has 5 nitrogen and oxygen atoms in total. The Morgan fingerprint density at radius 3 is 2.72 bits per heavy atom. The summed E-state index contributed by atoms with van der Waals surface area (Å²) < 4.78 is 1.09. The Morgan fingerprint density at radius 2 is 1.93 bits per heavy atom. The second-order valence-corrected chi connectivity index (χ2v) is 9.73. The zero-order valence-electron chi connectivity index (χ0n) is 16.3. The molecule has 0 saturated carbocycles. The Bertz CT molecular complexity index is 1340. The maximum atomic E-state index is 10.2. The molecule has 0 atom stereocenters. The lowest BCUT2D eigenvalue weighted by Gasteiger charge is -2.12. The number of hydrogen-bond donors (Lipinski definition) is 3. The molecule has 4 aromatic heterocycles. The summed E-state index contributed by atoms with van der Waals surface area (Å²) in [5.74, 6) is 0. The minimum absolute atomic E-state index is 0.853. The summed E-state index contributed by atoms with van der Waals surface area (Å²) in [6, 6.07) is 12.5. The average molecular weight is 421 g/mol. The molecule has 29 heavy (non-hydrogen) atoms. The third-order valence-electron chi connectivity index (χ3n) is 4.77. The van der Waals surface area contributed by atoms with Gasteiger partial charge in [0, 0.05) is 34.7 Å². The standard InChI is InChI=1S/C22H20N4OS2/c1-12-8-13-9-14(4-5-15(13)25-12)26-16-6-7-23-17-10-18(28-20(16)17)21-24-11-19(29-21)22(2,3)27/h4-11,25,27H,1-3H3,(H,23,26). The molecule has 0 aliphatic heterocycles. The minimum atomic E-state index is -0.882. The second-order valence-electron chi connectivity index (χ2n) is 7.65. The van der Waals surface area contributed by atoms with Crippen LogP contribution in [0.1, 0.15) is 24.4 Å². The summed E-state index contributed by atoms with van der Waals surface area (Å²) in [6.07, 6.45) is 3.58. The van der Waals surface area contributed by atoms with Crippen LogP contribution in [-0.4, -0.2) is 20.1 Å². The SMILES string of the molecule is Cc1cc2cc(Nc3ccnc4cc(-c5ncc(C(C)(C)O)s5)sc34)ccc2[nH]1. The number of rotatable bonds is 4. The van der Waals surface area contributed by atoms with Gasteiger partial charge >= 0.3 is 0 Å². The first-order valence-electron chi connectivity index (χ1n) is 9.31. The largest absolute Gasteiger partial charge is 0.385 e. The number of nitrogens with zero attached hydrogens (tertiary/aromatic N) is 2. The lowest BCUT2D eigenvalue weighted by atomic mass is 10.1. The number of anilines is 2. The van der Waals surface area contributed by atoms with Gasteiger partial charge in [-0.2, -0.15) is 0 Å². The third-order valence-corrected chi connectivity index (χ3v) is 7.40. The molecule has 146 valence electrons. The smallest absolute Gasteiger partial charge is 0.133 e. The topological polar surface area (TPSA) is 73.8 Å². The van der Waals surface area contributed by atoms with E-state index in [1.54, 1.807) is 31.4 Å². The highest BCUT2D eigenvalue weighted by Crippen LogP contribution is 2.40. The zero-order chi connectivity index (χ0) is 20.2. The van der Waals surface area contributed by atoms with Crippen molar-refractivity contribution in [3.05, 3.63) is 59.4 Å². The van der Waals surface area contributed by atoms with Crippen LogP contribution in [-0.2, 0) is 5.60 Å². The number of thiophene rings is 1. The fourth-order valence-corrected chi connectivity index (χ4v) is 5.38. The van der Waals surface area contributed by atoms with E-state index in [-0.39, 0.29) is 0 Å². The molecule has 5 rings (SSSR count). The van der Waals surface area contributed by atoms with Crippen LogP contribution in [0.5, 0.6) is 0 Å². The number of aromatic nitrogens is 3. The molecule has 0 radical (unpaired) electrons. The first-order chi connectivity index (χ1) is 13.9. The Morgan fingerprint density at radius 1 is 1.07 bits per heavy atom. The van der Waals surface area contributed by atoms with Crippen LogP contribution in [0.25, 0.3) is 31.0 Å². The quantitative estimate of drug-likeness (QED) is 0.324. The second kappa shape index (κ2) is 6.66. The number of aliphatic hydroxyl groups is 1. The zero-order valence-corrected chi connectivity index (χ0v) is 17.9. The molecule has 0 unspecified atom stereocenters. The molecule has 0 saturated heterocycles. The van der Waals surface area contributed by atoms with Crippen molar-refractivity contribution in [2.24, 2.45) is 0 Å². The predicted octanol–water partition coefficient (Wildman–Crippen LogP) is 6.18. The third kappa shape index (κ3) is 3.42. The number of hydrogen-bond acceptors (Lipinski definition) is 6. The predicted molar refractivity (Wildman–Crippen MR) is 122 cm³/mol. The maximum absolute atomic E-state index is 10.2. The van der Waals surface area contributed by atoms with Gasteiger partial charge in [0.05, 0.1) is 31.3 Å². The van der Waals surface area contributed by atoms with Crippen molar-refractivity contribution in [3.8, 4) is 9.88 Å². The van der Waals surface area contributed by atoms with E-state index in [9.17, 15) is 5.11 Å². The average Bonchev–Trinajstić information content (AvgIpc) is 3.37. The number of benzene rings is 1. The van der Waals surface area contributed by atoms with E-state index in [0.29, 0.717) is 0 Å². The number of thiazole rings is 1. The summed E-state index contributed by atoms with van der Waals surface area (Å²) in [5.41, 5.74) is 4.41. The molecule has 7 heteroatoms. The van der Waals surface area contributed by atoms with Crippen molar-refractivity contribution in [1.29, 1.82) is 0 Å². The van der Waals surface area contributed by atoms with Crippen LogP contribution < -0.4 is 5.32 Å². The van der Waals surface area contributed by atoms with E-state index in [1.807, 2.05) is 12.3 Å². The number of H-pyrrole nitrogens is 1. The van der Waals surface area contributed by atoms with Crippen molar-refractivity contribution < 1.29 is 5.11 Å². The van der Waals surface area contributed by atoms with E-state index >= 15 is 0 Å². The van der Waals surface area contributed by atoms with Crippen LogP contribution in [0.2, 0.25) is 0 Å². The van der Waals surface area contributed by atoms with Gasteiger partial charge in [0.2, 0.25) is 0 Å². The fourth-order valence-electron chi connectivity index (χ4n) is 3.32. The fraction of sp³-hybridized carbons (Fsp3) is 0.182. The summed E-state index contributed by atoms with van der Waals surface area (Å²) >= 11 is 3.18. The highest BCUT2D eigenvalue weighted by Gasteiger charge is 2.21.